The van der Waals surface area contributed by atoms with Gasteiger partial charge in [-0.3, -0.25) is 0 Å². The van der Waals surface area contributed by atoms with Crippen LogP contribution in [0.15, 0.2) is 53.6 Å². The van der Waals surface area contributed by atoms with Crippen LogP contribution < -0.4 is 4.74 Å². The summed E-state index contributed by atoms with van der Waals surface area (Å²) >= 11 is 0. The summed E-state index contributed by atoms with van der Waals surface area (Å²) in [6.45, 7) is 6.87. The number of esters is 2. The average Bonchev–Trinajstić information content (AvgIpc) is 3.11. The number of allylic oxidation sites excluding steroid dienone is 1. The molecule has 0 radical (unpaired) electrons. The molecule has 2 aliphatic carbocycles. The zero-order chi connectivity index (χ0) is 21.5. The van der Waals surface area contributed by atoms with E-state index in [1.807, 2.05) is 30.3 Å². The second-order valence-corrected chi connectivity index (χ2v) is 9.15. The van der Waals surface area contributed by atoms with Crippen LogP contribution in [0.4, 0.5) is 0 Å². The minimum Gasteiger partial charge on any atom is -0.497 e. The van der Waals surface area contributed by atoms with E-state index in [4.69, 9.17) is 14.2 Å². The maximum atomic E-state index is 12.7. The molecular weight excluding hydrogens is 380 g/mol. The third-order valence-corrected chi connectivity index (χ3v) is 6.99. The lowest BCUT2D eigenvalue weighted by Gasteiger charge is -2.54. The Balaban J connectivity index is 1.56. The molecule has 0 saturated heterocycles. The molecule has 4 rings (SSSR count). The van der Waals surface area contributed by atoms with Crippen molar-refractivity contribution in [2.45, 2.75) is 39.7 Å². The van der Waals surface area contributed by atoms with Crippen molar-refractivity contribution in [1.82, 2.24) is 0 Å². The van der Waals surface area contributed by atoms with E-state index in [1.165, 1.54) is 6.08 Å². The molecule has 0 amide bonds. The van der Waals surface area contributed by atoms with Crippen molar-refractivity contribution in [2.24, 2.45) is 16.7 Å². The fourth-order valence-corrected chi connectivity index (χ4v) is 5.28. The predicted molar refractivity (Wildman–Crippen MR) is 114 cm³/mol. The molecule has 1 aromatic rings. The van der Waals surface area contributed by atoms with Gasteiger partial charge in [0, 0.05) is 11.5 Å². The van der Waals surface area contributed by atoms with Crippen LogP contribution in [0.2, 0.25) is 0 Å². The van der Waals surface area contributed by atoms with Crippen LogP contribution >= 0.6 is 0 Å². The molecular formula is C25H28O5. The number of methoxy groups -OCH3 is 1. The lowest BCUT2D eigenvalue weighted by molar-refractivity contribution is -0.158. The third-order valence-electron chi connectivity index (χ3n) is 6.99. The van der Waals surface area contributed by atoms with Crippen molar-refractivity contribution in [3.05, 3.63) is 59.2 Å². The van der Waals surface area contributed by atoms with Gasteiger partial charge in [-0.15, -0.1) is 0 Å². The summed E-state index contributed by atoms with van der Waals surface area (Å²) in [6, 6.07) is 7.46. The Bertz CT molecular complexity index is 950. The first-order chi connectivity index (χ1) is 14.3. The lowest BCUT2D eigenvalue weighted by atomic mass is 9.51. The first kappa shape index (κ1) is 20.5. The highest BCUT2D eigenvalue weighted by molar-refractivity contribution is 5.95. The number of carbonyl (C=O) groups excluding carboxylic acids is 2. The second-order valence-electron chi connectivity index (χ2n) is 9.15. The standard InChI is InChI=1S/C25H28O5/c1-24(2)14-13-21(25(3)19-15-29-23(27)18(19)10-11-20(24)25)30-22(26)12-7-16-5-8-17(28-4)9-6-16/h5-12,20-21H,13-15H2,1-4H3/t20-,21+,25+/m0/s1. The molecule has 3 aliphatic rings. The lowest BCUT2D eigenvalue weighted by Crippen LogP contribution is -2.53. The number of carbonyl (C=O) groups is 2. The zero-order valence-corrected chi connectivity index (χ0v) is 17.9. The van der Waals surface area contributed by atoms with E-state index in [-0.39, 0.29) is 36.0 Å². The van der Waals surface area contributed by atoms with E-state index in [0.29, 0.717) is 5.57 Å². The molecule has 0 bridgehead atoms. The van der Waals surface area contributed by atoms with E-state index < -0.39 is 5.41 Å². The van der Waals surface area contributed by atoms with Crippen LogP contribution in [0.25, 0.3) is 6.08 Å². The van der Waals surface area contributed by atoms with Gasteiger partial charge in [0.15, 0.2) is 0 Å². The number of ether oxygens (including phenoxy) is 3. The number of rotatable bonds is 4. The van der Waals surface area contributed by atoms with E-state index in [9.17, 15) is 9.59 Å². The fourth-order valence-electron chi connectivity index (χ4n) is 5.28. The van der Waals surface area contributed by atoms with E-state index in [2.05, 4.69) is 26.8 Å². The van der Waals surface area contributed by atoms with Crippen LogP contribution in [0.5, 0.6) is 5.75 Å². The van der Waals surface area contributed by atoms with Crippen LogP contribution in [-0.2, 0) is 19.1 Å². The van der Waals surface area contributed by atoms with Gasteiger partial charge in [-0.2, -0.15) is 0 Å². The van der Waals surface area contributed by atoms with Crippen molar-refractivity contribution >= 4 is 18.0 Å². The summed E-state index contributed by atoms with van der Waals surface area (Å²) in [6.07, 6.45) is 8.58. The van der Waals surface area contributed by atoms with Gasteiger partial charge in [-0.25, -0.2) is 9.59 Å². The molecule has 0 N–H and O–H groups in total. The second kappa shape index (κ2) is 7.46. The molecule has 3 atom stereocenters. The number of cyclic esters (lactones) is 1. The Morgan fingerprint density at radius 2 is 1.93 bits per heavy atom. The molecule has 0 unspecified atom stereocenters. The minimum atomic E-state index is -0.457. The average molecular weight is 408 g/mol. The molecule has 5 heteroatoms. The summed E-state index contributed by atoms with van der Waals surface area (Å²) in [4.78, 5) is 24.8. The molecule has 1 fully saturated rings. The Kier molecular flexibility index (Phi) is 5.08. The smallest absolute Gasteiger partial charge is 0.338 e. The Hall–Kier alpha value is -2.82. The normalized spacial score (nSPS) is 29.4. The van der Waals surface area contributed by atoms with Gasteiger partial charge in [0.05, 0.1) is 12.7 Å². The minimum absolute atomic E-state index is 0.0389. The summed E-state index contributed by atoms with van der Waals surface area (Å²) in [5.74, 6) is 0.267. The van der Waals surface area contributed by atoms with E-state index >= 15 is 0 Å². The molecule has 1 heterocycles. The van der Waals surface area contributed by atoms with Crippen LogP contribution in [-0.4, -0.2) is 31.8 Å². The molecule has 0 aromatic heterocycles. The summed E-state index contributed by atoms with van der Waals surface area (Å²) in [5.41, 5.74) is 2.06. The van der Waals surface area contributed by atoms with Gasteiger partial charge in [0.25, 0.3) is 0 Å². The summed E-state index contributed by atoms with van der Waals surface area (Å²) in [7, 11) is 1.62. The maximum Gasteiger partial charge on any atom is 0.338 e. The van der Waals surface area contributed by atoms with Gasteiger partial charge in [0.1, 0.15) is 18.5 Å². The van der Waals surface area contributed by atoms with E-state index in [1.54, 1.807) is 13.2 Å². The fraction of sp³-hybridized carbons (Fsp3) is 0.440. The number of hydrogen-bond donors (Lipinski definition) is 0. The van der Waals surface area contributed by atoms with Gasteiger partial charge < -0.3 is 14.2 Å². The van der Waals surface area contributed by atoms with Crippen LogP contribution in [0, 0.1) is 16.7 Å². The molecule has 0 spiro atoms. The molecule has 5 nitrogen and oxygen atoms in total. The summed E-state index contributed by atoms with van der Waals surface area (Å²) in [5, 5.41) is 0. The quantitative estimate of drug-likeness (QED) is 0.543. The number of benzene rings is 1. The predicted octanol–water partition coefficient (Wildman–Crippen LogP) is 4.49. The van der Waals surface area contributed by atoms with Gasteiger partial charge in [-0.1, -0.05) is 45.1 Å². The Labute approximate surface area is 177 Å². The highest BCUT2D eigenvalue weighted by atomic mass is 16.5. The first-order valence-corrected chi connectivity index (χ1v) is 10.4. The Morgan fingerprint density at radius 1 is 1.20 bits per heavy atom. The highest BCUT2D eigenvalue weighted by Gasteiger charge is 2.57. The topological polar surface area (TPSA) is 61.8 Å². The molecule has 158 valence electrons. The zero-order valence-electron chi connectivity index (χ0n) is 17.9. The first-order valence-electron chi connectivity index (χ1n) is 10.4. The highest BCUT2D eigenvalue weighted by Crippen LogP contribution is 2.59. The van der Waals surface area contributed by atoms with Crippen molar-refractivity contribution in [3.8, 4) is 5.75 Å². The molecule has 1 aliphatic heterocycles. The third kappa shape index (κ3) is 3.36. The molecule has 30 heavy (non-hydrogen) atoms. The van der Waals surface area contributed by atoms with Crippen molar-refractivity contribution < 1.29 is 23.8 Å². The van der Waals surface area contributed by atoms with Crippen molar-refractivity contribution in [2.75, 3.05) is 13.7 Å². The van der Waals surface area contributed by atoms with Crippen molar-refractivity contribution in [3.63, 3.8) is 0 Å². The van der Waals surface area contributed by atoms with Crippen LogP contribution in [0.1, 0.15) is 39.2 Å². The van der Waals surface area contributed by atoms with Crippen molar-refractivity contribution in [1.29, 1.82) is 0 Å². The summed E-state index contributed by atoms with van der Waals surface area (Å²) < 4.78 is 16.5. The van der Waals surface area contributed by atoms with Crippen LogP contribution in [0.3, 0.4) is 0 Å². The number of hydrogen-bond acceptors (Lipinski definition) is 5. The van der Waals surface area contributed by atoms with Gasteiger partial charge in [-0.05, 0) is 53.5 Å². The SMILES string of the molecule is COc1ccc(C=CC(=O)O[C@@H]2CCC(C)(C)[C@@H]3C=CC4=C(COC4=O)[C@@]23C)cc1. The van der Waals surface area contributed by atoms with Gasteiger partial charge >= 0.3 is 11.9 Å². The molecule has 1 aromatic carbocycles. The maximum absolute atomic E-state index is 12.7. The van der Waals surface area contributed by atoms with E-state index in [0.717, 1.165) is 29.7 Å². The largest absolute Gasteiger partial charge is 0.497 e. The number of fused-ring (bicyclic) bond motifs is 2. The molecule has 1 saturated carbocycles. The Morgan fingerprint density at radius 3 is 2.63 bits per heavy atom. The monoisotopic (exact) mass is 408 g/mol. The van der Waals surface area contributed by atoms with Gasteiger partial charge in [0.2, 0.25) is 0 Å².